The molecule has 27 heavy (non-hydrogen) atoms. The summed E-state index contributed by atoms with van der Waals surface area (Å²) in [6.07, 6.45) is 0. The summed E-state index contributed by atoms with van der Waals surface area (Å²) in [5, 5.41) is 3.27. The zero-order chi connectivity index (χ0) is 19.2. The predicted octanol–water partition coefficient (Wildman–Crippen LogP) is 2.80. The normalized spacial score (nSPS) is 16.0. The van der Waals surface area contributed by atoms with E-state index in [-0.39, 0.29) is 11.8 Å². The monoisotopic (exact) mass is 385 g/mol. The number of halogens is 1. The van der Waals surface area contributed by atoms with Gasteiger partial charge in [0.25, 0.3) is 5.91 Å². The first-order valence-corrected chi connectivity index (χ1v) is 9.52. The van der Waals surface area contributed by atoms with Crippen LogP contribution in [-0.4, -0.2) is 53.8 Å². The molecule has 0 spiro atoms. The van der Waals surface area contributed by atoms with Crippen molar-refractivity contribution in [1.82, 2.24) is 15.1 Å². The van der Waals surface area contributed by atoms with E-state index in [0.717, 1.165) is 19.6 Å². The smallest absolute Gasteiger partial charge is 0.251 e. The number of carbonyl (C=O) groups is 2. The van der Waals surface area contributed by atoms with Gasteiger partial charge in [0.05, 0.1) is 0 Å². The number of nitrogens with one attached hydrogen (secondary N) is 1. The molecule has 0 radical (unpaired) electrons. The number of hydrogen-bond donors (Lipinski definition) is 1. The molecule has 1 N–H and O–H groups in total. The Balaban J connectivity index is 1.49. The molecule has 6 heteroatoms. The Morgan fingerprint density at radius 3 is 2.41 bits per heavy atom. The van der Waals surface area contributed by atoms with E-state index in [0.29, 0.717) is 23.7 Å². The summed E-state index contributed by atoms with van der Waals surface area (Å²) in [6.45, 7) is 5.61. The van der Waals surface area contributed by atoms with Crippen LogP contribution in [0.25, 0.3) is 0 Å². The Labute approximate surface area is 164 Å². The van der Waals surface area contributed by atoms with Crippen LogP contribution in [0.3, 0.4) is 0 Å². The zero-order valence-corrected chi connectivity index (χ0v) is 16.2. The lowest BCUT2D eigenvalue weighted by molar-refractivity contribution is -0.134. The molecule has 3 rings (SSSR count). The number of amides is 2. The molecule has 1 atom stereocenters. The van der Waals surface area contributed by atoms with Gasteiger partial charge in [0.15, 0.2) is 0 Å². The molecular formula is C21H24ClN3O2. The highest BCUT2D eigenvalue weighted by Crippen LogP contribution is 2.12. The Kier molecular flexibility index (Phi) is 6.48. The van der Waals surface area contributed by atoms with E-state index < -0.39 is 6.04 Å². The first kappa shape index (κ1) is 19.4. The third-order valence-electron chi connectivity index (χ3n) is 4.74. The van der Waals surface area contributed by atoms with Crippen LogP contribution in [-0.2, 0) is 11.3 Å². The van der Waals surface area contributed by atoms with Gasteiger partial charge in [-0.1, -0.05) is 48.0 Å². The van der Waals surface area contributed by atoms with E-state index in [1.807, 2.05) is 23.1 Å². The fourth-order valence-electron chi connectivity index (χ4n) is 3.21. The second kappa shape index (κ2) is 9.02. The van der Waals surface area contributed by atoms with E-state index in [9.17, 15) is 9.59 Å². The van der Waals surface area contributed by atoms with E-state index in [4.69, 9.17) is 11.6 Å². The highest BCUT2D eigenvalue weighted by Gasteiger charge is 2.26. The van der Waals surface area contributed by atoms with Gasteiger partial charge in [-0.3, -0.25) is 14.5 Å². The van der Waals surface area contributed by atoms with Gasteiger partial charge in [0.2, 0.25) is 5.91 Å². The fraction of sp³-hybridized carbons (Fsp3) is 0.333. The van der Waals surface area contributed by atoms with Gasteiger partial charge in [-0.2, -0.15) is 0 Å². The predicted molar refractivity (Wildman–Crippen MR) is 107 cm³/mol. The number of nitrogens with zero attached hydrogens (tertiary/aromatic N) is 2. The first-order chi connectivity index (χ1) is 13.0. The third-order valence-corrected chi connectivity index (χ3v) is 4.97. The third kappa shape index (κ3) is 5.31. The Morgan fingerprint density at radius 1 is 1.04 bits per heavy atom. The van der Waals surface area contributed by atoms with Crippen LogP contribution in [0, 0.1) is 0 Å². The Morgan fingerprint density at radius 2 is 1.74 bits per heavy atom. The van der Waals surface area contributed by atoms with Crippen molar-refractivity contribution in [3.05, 3.63) is 70.7 Å². The van der Waals surface area contributed by atoms with E-state index >= 15 is 0 Å². The summed E-state index contributed by atoms with van der Waals surface area (Å²) in [4.78, 5) is 29.1. The van der Waals surface area contributed by atoms with Crippen molar-refractivity contribution < 1.29 is 9.59 Å². The van der Waals surface area contributed by atoms with Crippen LogP contribution in [0.5, 0.6) is 0 Å². The number of carbonyl (C=O) groups excluding carboxylic acids is 2. The molecule has 0 bridgehead atoms. The second-order valence-electron chi connectivity index (χ2n) is 6.79. The number of hydrogen-bond acceptors (Lipinski definition) is 3. The average molecular weight is 386 g/mol. The number of benzene rings is 2. The van der Waals surface area contributed by atoms with Crippen molar-refractivity contribution >= 4 is 23.4 Å². The van der Waals surface area contributed by atoms with Gasteiger partial charge in [0.1, 0.15) is 6.04 Å². The molecule has 0 aliphatic carbocycles. The lowest BCUT2D eigenvalue weighted by atomic mass is 10.1. The van der Waals surface area contributed by atoms with E-state index in [2.05, 4.69) is 22.3 Å². The van der Waals surface area contributed by atoms with Gasteiger partial charge < -0.3 is 10.2 Å². The van der Waals surface area contributed by atoms with Crippen molar-refractivity contribution in [2.75, 3.05) is 26.2 Å². The summed E-state index contributed by atoms with van der Waals surface area (Å²) in [6, 6.07) is 16.5. The van der Waals surface area contributed by atoms with Crippen molar-refractivity contribution in [2.24, 2.45) is 0 Å². The summed E-state index contributed by atoms with van der Waals surface area (Å²) in [7, 11) is 0. The second-order valence-corrected chi connectivity index (χ2v) is 7.23. The summed E-state index contributed by atoms with van der Waals surface area (Å²) in [5.74, 6) is -0.342. The van der Waals surface area contributed by atoms with Crippen LogP contribution >= 0.6 is 11.6 Å². The molecule has 2 aromatic carbocycles. The van der Waals surface area contributed by atoms with Crippen LogP contribution in [0.15, 0.2) is 54.6 Å². The maximum absolute atomic E-state index is 12.7. The summed E-state index contributed by atoms with van der Waals surface area (Å²) < 4.78 is 0. The van der Waals surface area contributed by atoms with Gasteiger partial charge >= 0.3 is 0 Å². The molecular weight excluding hydrogens is 362 g/mol. The molecule has 1 aliphatic heterocycles. The lowest BCUT2D eigenvalue weighted by Crippen LogP contribution is -2.53. The highest BCUT2D eigenvalue weighted by atomic mass is 35.5. The van der Waals surface area contributed by atoms with Gasteiger partial charge in [-0.25, -0.2) is 0 Å². The van der Waals surface area contributed by atoms with Gasteiger partial charge in [-0.15, -0.1) is 0 Å². The molecule has 5 nitrogen and oxygen atoms in total. The maximum atomic E-state index is 12.7. The molecule has 1 heterocycles. The minimum atomic E-state index is -0.572. The van der Waals surface area contributed by atoms with E-state index in [1.54, 1.807) is 31.2 Å². The van der Waals surface area contributed by atoms with Crippen molar-refractivity contribution in [3.63, 3.8) is 0 Å². The SMILES string of the molecule is C[C@@H](NC(=O)c1cccc(Cl)c1)C(=O)N1CCN(Cc2ccccc2)CC1. The Hall–Kier alpha value is -2.37. The van der Waals surface area contributed by atoms with Crippen molar-refractivity contribution in [1.29, 1.82) is 0 Å². The molecule has 2 amide bonds. The average Bonchev–Trinajstić information content (AvgIpc) is 2.69. The quantitative estimate of drug-likeness (QED) is 0.861. The first-order valence-electron chi connectivity index (χ1n) is 9.14. The fourth-order valence-corrected chi connectivity index (χ4v) is 3.40. The molecule has 142 valence electrons. The topological polar surface area (TPSA) is 52.7 Å². The van der Waals surface area contributed by atoms with Crippen molar-refractivity contribution in [3.8, 4) is 0 Å². The zero-order valence-electron chi connectivity index (χ0n) is 15.4. The van der Waals surface area contributed by atoms with Crippen LogP contribution in [0.4, 0.5) is 0 Å². The number of piperazine rings is 1. The maximum Gasteiger partial charge on any atom is 0.251 e. The van der Waals surface area contributed by atoms with E-state index in [1.165, 1.54) is 5.56 Å². The lowest BCUT2D eigenvalue weighted by Gasteiger charge is -2.36. The van der Waals surface area contributed by atoms with Gasteiger partial charge in [-0.05, 0) is 30.7 Å². The molecule has 2 aromatic rings. The highest BCUT2D eigenvalue weighted by molar-refractivity contribution is 6.31. The van der Waals surface area contributed by atoms with Crippen LogP contribution < -0.4 is 5.32 Å². The molecule has 1 aliphatic rings. The van der Waals surface area contributed by atoms with Gasteiger partial charge in [0, 0.05) is 43.3 Å². The molecule has 0 aromatic heterocycles. The largest absolute Gasteiger partial charge is 0.341 e. The molecule has 0 unspecified atom stereocenters. The Bertz CT molecular complexity index is 789. The molecule has 1 fully saturated rings. The minimum Gasteiger partial charge on any atom is -0.341 e. The number of rotatable bonds is 5. The van der Waals surface area contributed by atoms with Crippen LogP contribution in [0.2, 0.25) is 5.02 Å². The van der Waals surface area contributed by atoms with Crippen LogP contribution in [0.1, 0.15) is 22.8 Å². The summed E-state index contributed by atoms with van der Waals surface area (Å²) in [5.41, 5.74) is 1.73. The molecule has 1 saturated heterocycles. The van der Waals surface area contributed by atoms with Crippen molar-refractivity contribution in [2.45, 2.75) is 19.5 Å². The summed E-state index contributed by atoms with van der Waals surface area (Å²) >= 11 is 5.92. The standard InChI is InChI=1S/C21H24ClN3O2/c1-16(23-20(26)18-8-5-9-19(22)14-18)21(27)25-12-10-24(11-13-25)15-17-6-3-2-4-7-17/h2-9,14,16H,10-13,15H2,1H3,(H,23,26)/t16-/m1/s1. The minimum absolute atomic E-state index is 0.0512. The molecule has 0 saturated carbocycles.